The first-order chi connectivity index (χ1) is 21.9. The highest BCUT2D eigenvalue weighted by atomic mass is 16.6. The second kappa shape index (κ2) is 13.8. The summed E-state index contributed by atoms with van der Waals surface area (Å²) in [5, 5.41) is 70.5. The summed E-state index contributed by atoms with van der Waals surface area (Å²) in [5.41, 5.74) is 0.510. The summed E-state index contributed by atoms with van der Waals surface area (Å²) in [4.78, 5) is 36.1. The monoisotopic (exact) mass is 640 g/mol. The third-order valence-electron chi connectivity index (χ3n) is 7.76. The van der Waals surface area contributed by atoms with Gasteiger partial charge in [0.15, 0.2) is 12.0 Å². The van der Waals surface area contributed by atoms with Gasteiger partial charge < -0.3 is 54.7 Å². The van der Waals surface area contributed by atoms with Crippen LogP contribution in [-0.4, -0.2) is 104 Å². The first-order valence-electron chi connectivity index (χ1n) is 14.3. The molecule has 14 heteroatoms. The number of hydrogen-bond donors (Lipinski definition) is 7. The highest BCUT2D eigenvalue weighted by Gasteiger charge is 2.43. The molecule has 2 aromatic rings. The molecule has 2 aliphatic heterocycles. The summed E-state index contributed by atoms with van der Waals surface area (Å²) in [7, 11) is 0. The molecule has 3 aliphatic rings. The molecule has 0 bridgehead atoms. The topological polar surface area (TPSA) is 230 Å². The van der Waals surface area contributed by atoms with Crippen LogP contribution in [0.3, 0.4) is 0 Å². The number of aromatic hydroxyl groups is 1. The zero-order chi connectivity index (χ0) is 33.1. The molecule has 1 saturated heterocycles. The van der Waals surface area contributed by atoms with Gasteiger partial charge in [0.25, 0.3) is 0 Å². The molecular formula is C32H32O14. The number of carboxylic acids is 1. The van der Waals surface area contributed by atoms with Gasteiger partial charge >= 0.3 is 11.9 Å². The summed E-state index contributed by atoms with van der Waals surface area (Å²) in [6.07, 6.45) is -1.58. The van der Waals surface area contributed by atoms with Crippen LogP contribution in [0.4, 0.5) is 0 Å². The molecule has 1 aliphatic carbocycles. The van der Waals surface area contributed by atoms with Crippen LogP contribution in [0.5, 0.6) is 11.5 Å². The van der Waals surface area contributed by atoms with Crippen molar-refractivity contribution in [3.05, 3.63) is 87.3 Å². The molecule has 7 N–H and O–H groups in total. The lowest BCUT2D eigenvalue weighted by molar-refractivity contribution is -0.285. The Morgan fingerprint density at radius 1 is 1.00 bits per heavy atom. The van der Waals surface area contributed by atoms with Crippen LogP contribution in [0, 0.1) is 0 Å². The fourth-order valence-corrected chi connectivity index (χ4v) is 5.35. The fourth-order valence-electron chi connectivity index (χ4n) is 5.35. The number of rotatable bonds is 10. The molecule has 46 heavy (non-hydrogen) atoms. The number of phenolic OH excluding ortho intramolecular Hbond substituents is 1. The number of fused-ring (bicyclic) bond motifs is 2. The van der Waals surface area contributed by atoms with Crippen LogP contribution in [0.15, 0.2) is 70.8 Å². The standard InChI is InChI=1S/C32H32O14/c33-19-11-18-12-25(36)45-20(18)13-21(19)43-8-7-15-9-17-6-5-16(3-1-2-4-24(34)35)27(37)26(17)28(38)22(10-15)44-14-23-29(39)30(40)31(41)32(42)46-23/h1-6,9-12,20-21,23,29-33,37,39-42H,7-8,13-14H2,(H,34,35)/b3-1+,4-2+. The Kier molecular flexibility index (Phi) is 9.86. The van der Waals surface area contributed by atoms with Gasteiger partial charge in [-0.3, -0.25) is 4.79 Å². The summed E-state index contributed by atoms with van der Waals surface area (Å²) >= 11 is 0. The Hall–Kier alpha value is -4.57. The number of esters is 1. The van der Waals surface area contributed by atoms with Gasteiger partial charge in [0.05, 0.1) is 12.0 Å². The SMILES string of the molecule is O=C(O)/C=C/C=C/c1ccc2cc(CCOC3CC4OC(=O)C=C4C=C3O)cc(OCC3OC(O)C(O)C(O)C3O)c(=O)c2c1O. The predicted octanol–water partition coefficient (Wildman–Crippen LogP) is 0.363. The van der Waals surface area contributed by atoms with Crippen molar-refractivity contribution in [2.45, 2.75) is 55.8 Å². The van der Waals surface area contributed by atoms with E-state index in [9.17, 15) is 45.0 Å². The van der Waals surface area contributed by atoms with Crippen molar-refractivity contribution in [3.63, 3.8) is 0 Å². The first kappa shape index (κ1) is 32.8. The van der Waals surface area contributed by atoms with E-state index in [2.05, 4.69) is 0 Å². The summed E-state index contributed by atoms with van der Waals surface area (Å²) in [6, 6.07) is 6.12. The average molecular weight is 641 g/mol. The number of aliphatic carboxylic acids is 1. The molecule has 244 valence electrons. The van der Waals surface area contributed by atoms with E-state index in [4.69, 9.17) is 24.1 Å². The van der Waals surface area contributed by atoms with Crippen LogP contribution < -0.4 is 10.2 Å². The molecule has 0 amide bonds. The van der Waals surface area contributed by atoms with Crippen molar-refractivity contribution in [2.24, 2.45) is 0 Å². The van der Waals surface area contributed by atoms with Gasteiger partial charge in [-0.05, 0) is 29.5 Å². The van der Waals surface area contributed by atoms with E-state index in [1.807, 2.05) is 0 Å². The minimum Gasteiger partial charge on any atom is -0.510 e. The highest BCUT2D eigenvalue weighted by Crippen LogP contribution is 2.32. The minimum atomic E-state index is -1.82. The van der Waals surface area contributed by atoms with E-state index in [0.717, 1.165) is 6.08 Å². The second-order valence-corrected chi connectivity index (χ2v) is 10.9. The van der Waals surface area contributed by atoms with Gasteiger partial charge in [-0.15, -0.1) is 0 Å². The van der Waals surface area contributed by atoms with Crippen molar-refractivity contribution < 1.29 is 64.3 Å². The van der Waals surface area contributed by atoms with Gasteiger partial charge in [-0.1, -0.05) is 36.4 Å². The quantitative estimate of drug-likeness (QED) is 0.106. The number of allylic oxidation sites excluding steroid dienone is 2. The molecule has 0 saturated carbocycles. The van der Waals surface area contributed by atoms with Gasteiger partial charge in [-0.2, -0.15) is 0 Å². The molecule has 0 spiro atoms. The van der Waals surface area contributed by atoms with Crippen LogP contribution in [-0.2, 0) is 30.2 Å². The number of benzene rings is 1. The largest absolute Gasteiger partial charge is 0.510 e. The highest BCUT2D eigenvalue weighted by molar-refractivity contribution is 5.92. The number of ether oxygens (including phenoxy) is 4. The Balaban J connectivity index is 1.43. The third kappa shape index (κ3) is 7.12. The molecule has 2 aromatic carbocycles. The first-order valence-corrected chi connectivity index (χ1v) is 14.3. The Morgan fingerprint density at radius 3 is 2.54 bits per heavy atom. The van der Waals surface area contributed by atoms with E-state index < -0.39 is 72.6 Å². The number of aliphatic hydroxyl groups is 5. The average Bonchev–Trinajstić information content (AvgIpc) is 3.30. The van der Waals surface area contributed by atoms with Crippen LogP contribution in [0.2, 0.25) is 0 Å². The minimum absolute atomic E-state index is 0.0465. The van der Waals surface area contributed by atoms with Crippen molar-refractivity contribution in [1.29, 1.82) is 0 Å². The molecule has 0 aromatic heterocycles. The number of carbonyl (C=O) groups excluding carboxylic acids is 1. The van der Waals surface area contributed by atoms with Gasteiger partial charge in [0, 0.05) is 29.7 Å². The number of phenols is 1. The van der Waals surface area contributed by atoms with Crippen molar-refractivity contribution >= 4 is 28.8 Å². The lowest BCUT2D eigenvalue weighted by Crippen LogP contribution is -2.58. The van der Waals surface area contributed by atoms with Crippen molar-refractivity contribution in [1.82, 2.24) is 0 Å². The zero-order valence-electron chi connectivity index (χ0n) is 24.1. The molecule has 0 radical (unpaired) electrons. The summed E-state index contributed by atoms with van der Waals surface area (Å²) in [5.74, 6) is -2.44. The molecule has 7 unspecified atom stereocenters. The zero-order valence-corrected chi connectivity index (χ0v) is 24.1. The Bertz CT molecular complexity index is 1690. The molecule has 14 nitrogen and oxygen atoms in total. The summed E-state index contributed by atoms with van der Waals surface area (Å²) in [6.45, 7) is -0.486. The van der Waals surface area contributed by atoms with E-state index in [-0.39, 0.29) is 41.9 Å². The van der Waals surface area contributed by atoms with E-state index in [1.54, 1.807) is 12.1 Å². The number of aliphatic hydroxyl groups excluding tert-OH is 5. The number of carbonyl (C=O) groups is 2. The normalized spacial score (nSPS) is 27.8. The van der Waals surface area contributed by atoms with Gasteiger partial charge in [-0.25, -0.2) is 9.59 Å². The molecule has 7 atom stereocenters. The Morgan fingerprint density at radius 2 is 1.78 bits per heavy atom. The van der Waals surface area contributed by atoms with E-state index in [1.165, 1.54) is 42.5 Å². The van der Waals surface area contributed by atoms with Crippen LogP contribution >= 0.6 is 0 Å². The molecular weight excluding hydrogens is 608 g/mol. The lowest BCUT2D eigenvalue weighted by atomic mass is 9.96. The molecule has 1 fully saturated rings. The van der Waals surface area contributed by atoms with E-state index >= 15 is 0 Å². The van der Waals surface area contributed by atoms with Gasteiger partial charge in [0.1, 0.15) is 54.7 Å². The second-order valence-electron chi connectivity index (χ2n) is 10.9. The maximum Gasteiger partial charge on any atom is 0.331 e. The van der Waals surface area contributed by atoms with Crippen molar-refractivity contribution in [3.8, 4) is 11.5 Å². The summed E-state index contributed by atoms with van der Waals surface area (Å²) < 4.78 is 22.0. The predicted molar refractivity (Wildman–Crippen MR) is 159 cm³/mol. The Labute approximate surface area is 261 Å². The van der Waals surface area contributed by atoms with Crippen LogP contribution in [0.25, 0.3) is 16.8 Å². The molecule has 5 rings (SSSR count). The smallest absolute Gasteiger partial charge is 0.331 e. The maximum atomic E-state index is 13.7. The van der Waals surface area contributed by atoms with Crippen molar-refractivity contribution in [2.75, 3.05) is 13.2 Å². The molecule has 2 heterocycles. The maximum absolute atomic E-state index is 13.7. The third-order valence-corrected chi connectivity index (χ3v) is 7.76. The van der Waals surface area contributed by atoms with Crippen LogP contribution in [0.1, 0.15) is 17.5 Å². The lowest BCUT2D eigenvalue weighted by Gasteiger charge is -2.37. The fraction of sp³-hybridized carbons (Fsp3) is 0.344. The van der Waals surface area contributed by atoms with Gasteiger partial charge in [0.2, 0.25) is 5.43 Å². The number of hydrogen-bond acceptors (Lipinski definition) is 13. The number of carboxylic acid groups (broad SMARTS) is 1. The van der Waals surface area contributed by atoms with E-state index in [0.29, 0.717) is 16.5 Å².